The summed E-state index contributed by atoms with van der Waals surface area (Å²) in [4.78, 5) is 14.9. The average molecular weight is 419 g/mol. The highest BCUT2D eigenvalue weighted by molar-refractivity contribution is 7.99. The molecule has 1 aliphatic rings. The Hall–Kier alpha value is -2.92. The first kappa shape index (κ1) is 20.4. The molecule has 0 radical (unpaired) electrons. The molecule has 0 saturated carbocycles. The number of rotatable bonds is 5. The predicted molar refractivity (Wildman–Crippen MR) is 124 cm³/mol. The van der Waals surface area contributed by atoms with E-state index in [1.807, 2.05) is 60.4 Å². The monoisotopic (exact) mass is 418 g/mol. The minimum Gasteiger partial charge on any atom is -0.489 e. The van der Waals surface area contributed by atoms with Gasteiger partial charge >= 0.3 is 6.03 Å². The maximum absolute atomic E-state index is 13.0. The Labute approximate surface area is 182 Å². The van der Waals surface area contributed by atoms with Gasteiger partial charge in [-0.2, -0.15) is 0 Å². The maximum atomic E-state index is 13.0. The van der Waals surface area contributed by atoms with Crippen molar-refractivity contribution in [3.05, 3.63) is 95.1 Å². The Morgan fingerprint density at radius 2 is 1.90 bits per heavy atom. The smallest absolute Gasteiger partial charge is 0.323 e. The average Bonchev–Trinajstić information content (AvgIpc) is 3.25. The summed E-state index contributed by atoms with van der Waals surface area (Å²) < 4.78 is 5.98. The van der Waals surface area contributed by atoms with E-state index in [9.17, 15) is 4.79 Å². The molecule has 3 aromatic carbocycles. The van der Waals surface area contributed by atoms with Crippen LogP contribution >= 0.6 is 11.8 Å². The zero-order valence-electron chi connectivity index (χ0n) is 17.3. The SMILES string of the molecule is Cc1ccc(NC(=O)N2CCS[C@@H]2c2cccc(OCc3ccccc3)c2)c(C)c1. The molecule has 30 heavy (non-hydrogen) atoms. The molecule has 1 atom stereocenters. The summed E-state index contributed by atoms with van der Waals surface area (Å²) in [7, 11) is 0. The van der Waals surface area contributed by atoms with E-state index in [1.54, 1.807) is 11.8 Å². The van der Waals surface area contributed by atoms with Crippen LogP contribution in [-0.2, 0) is 6.61 Å². The number of carbonyl (C=O) groups is 1. The van der Waals surface area contributed by atoms with Gasteiger partial charge in [0, 0.05) is 18.0 Å². The highest BCUT2D eigenvalue weighted by Crippen LogP contribution is 2.39. The van der Waals surface area contributed by atoms with Crippen molar-refractivity contribution >= 4 is 23.5 Å². The first-order valence-electron chi connectivity index (χ1n) is 10.1. The van der Waals surface area contributed by atoms with Crippen molar-refractivity contribution in [2.45, 2.75) is 25.8 Å². The minimum atomic E-state index is -0.0624. The lowest BCUT2D eigenvalue weighted by atomic mass is 10.1. The highest BCUT2D eigenvalue weighted by Gasteiger charge is 2.31. The van der Waals surface area contributed by atoms with Gasteiger partial charge in [-0.05, 0) is 48.7 Å². The van der Waals surface area contributed by atoms with Crippen LogP contribution in [0.4, 0.5) is 10.5 Å². The zero-order chi connectivity index (χ0) is 20.9. The van der Waals surface area contributed by atoms with Gasteiger partial charge in [0.15, 0.2) is 0 Å². The molecule has 4 nitrogen and oxygen atoms in total. The van der Waals surface area contributed by atoms with E-state index in [-0.39, 0.29) is 11.4 Å². The molecule has 2 amide bonds. The lowest BCUT2D eigenvalue weighted by Gasteiger charge is -2.25. The molecule has 3 aromatic rings. The van der Waals surface area contributed by atoms with Gasteiger partial charge < -0.3 is 15.0 Å². The molecule has 0 unspecified atom stereocenters. The fraction of sp³-hybridized carbons (Fsp3) is 0.240. The van der Waals surface area contributed by atoms with Crippen LogP contribution in [0.5, 0.6) is 5.75 Å². The number of benzene rings is 3. The van der Waals surface area contributed by atoms with Crippen molar-refractivity contribution in [3.8, 4) is 5.75 Å². The van der Waals surface area contributed by atoms with Crippen molar-refractivity contribution in [1.29, 1.82) is 0 Å². The zero-order valence-corrected chi connectivity index (χ0v) is 18.1. The molecule has 4 rings (SSSR count). The Balaban J connectivity index is 1.45. The van der Waals surface area contributed by atoms with Gasteiger partial charge in [-0.1, -0.05) is 60.2 Å². The predicted octanol–water partition coefficient (Wildman–Crippen LogP) is 6.16. The number of aryl methyl sites for hydroxylation is 2. The summed E-state index contributed by atoms with van der Waals surface area (Å²) in [6.45, 7) is 5.32. The van der Waals surface area contributed by atoms with Crippen LogP contribution in [0.1, 0.15) is 27.6 Å². The molecule has 5 heteroatoms. The highest BCUT2D eigenvalue weighted by atomic mass is 32.2. The van der Waals surface area contributed by atoms with E-state index >= 15 is 0 Å². The Morgan fingerprint density at radius 3 is 2.70 bits per heavy atom. The molecule has 1 saturated heterocycles. The fourth-order valence-corrected chi connectivity index (χ4v) is 4.84. The van der Waals surface area contributed by atoms with Crippen LogP contribution in [-0.4, -0.2) is 23.2 Å². The van der Waals surface area contributed by atoms with Crippen molar-refractivity contribution in [3.63, 3.8) is 0 Å². The third-order valence-corrected chi connectivity index (χ3v) is 6.43. The van der Waals surface area contributed by atoms with Gasteiger partial charge in [0.25, 0.3) is 0 Å². The summed E-state index contributed by atoms with van der Waals surface area (Å²) in [6, 6.07) is 24.2. The number of thioether (sulfide) groups is 1. The third-order valence-electron chi connectivity index (χ3n) is 5.17. The normalized spacial score (nSPS) is 15.8. The summed E-state index contributed by atoms with van der Waals surface area (Å²) >= 11 is 1.78. The molecule has 0 bridgehead atoms. The van der Waals surface area contributed by atoms with E-state index < -0.39 is 0 Å². The van der Waals surface area contributed by atoms with Gasteiger partial charge in [0.2, 0.25) is 0 Å². The van der Waals surface area contributed by atoms with Crippen LogP contribution in [0.2, 0.25) is 0 Å². The first-order valence-corrected chi connectivity index (χ1v) is 11.2. The molecule has 0 aliphatic carbocycles. The Morgan fingerprint density at radius 1 is 1.07 bits per heavy atom. The number of ether oxygens (including phenoxy) is 1. The number of amides is 2. The summed E-state index contributed by atoms with van der Waals surface area (Å²) in [5, 5.41) is 3.07. The second kappa shape index (κ2) is 9.26. The minimum absolute atomic E-state index is 0.0176. The molecule has 154 valence electrons. The number of anilines is 1. The number of carbonyl (C=O) groups excluding carboxylic acids is 1. The van der Waals surface area contributed by atoms with Gasteiger partial charge in [-0.3, -0.25) is 0 Å². The van der Waals surface area contributed by atoms with Gasteiger partial charge in [-0.15, -0.1) is 11.8 Å². The molecule has 1 fully saturated rings. The fourth-order valence-electron chi connectivity index (χ4n) is 3.59. The lowest BCUT2D eigenvalue weighted by Crippen LogP contribution is -2.34. The van der Waals surface area contributed by atoms with Crippen molar-refractivity contribution in [2.24, 2.45) is 0 Å². The van der Waals surface area contributed by atoms with Crippen LogP contribution in [0.15, 0.2) is 72.8 Å². The molecule has 0 aromatic heterocycles. The van der Waals surface area contributed by atoms with Crippen LogP contribution in [0.3, 0.4) is 0 Å². The number of urea groups is 1. The number of hydrogen-bond donors (Lipinski definition) is 1. The molecule has 1 aliphatic heterocycles. The van der Waals surface area contributed by atoms with E-state index in [4.69, 9.17) is 4.74 Å². The molecule has 0 spiro atoms. The van der Waals surface area contributed by atoms with Crippen molar-refractivity contribution < 1.29 is 9.53 Å². The first-order chi connectivity index (χ1) is 14.6. The topological polar surface area (TPSA) is 41.6 Å². The van der Waals surface area contributed by atoms with E-state index in [0.29, 0.717) is 6.61 Å². The second-order valence-corrected chi connectivity index (χ2v) is 8.70. The second-order valence-electron chi connectivity index (χ2n) is 7.51. The standard InChI is InChI=1S/C25H26N2O2S/c1-18-11-12-23(19(2)15-18)26-25(28)27-13-14-30-24(27)21-9-6-10-22(16-21)29-17-20-7-4-3-5-8-20/h3-12,15-16,24H,13-14,17H2,1-2H3,(H,26,28)/t24-/m1/s1. The number of nitrogens with zero attached hydrogens (tertiary/aromatic N) is 1. The summed E-state index contributed by atoms with van der Waals surface area (Å²) in [6.07, 6.45) is 0. The molecule has 1 N–H and O–H groups in total. The number of nitrogens with one attached hydrogen (secondary N) is 1. The quantitative estimate of drug-likeness (QED) is 0.539. The maximum Gasteiger partial charge on any atom is 0.323 e. The molecule has 1 heterocycles. The van der Waals surface area contributed by atoms with Crippen molar-refractivity contribution in [2.75, 3.05) is 17.6 Å². The van der Waals surface area contributed by atoms with Crippen molar-refractivity contribution in [1.82, 2.24) is 4.90 Å². The van der Waals surface area contributed by atoms with Crippen LogP contribution in [0, 0.1) is 13.8 Å². The van der Waals surface area contributed by atoms with Gasteiger partial charge in [0.1, 0.15) is 17.7 Å². The number of hydrogen-bond acceptors (Lipinski definition) is 3. The van der Waals surface area contributed by atoms with E-state index in [0.717, 1.165) is 40.4 Å². The van der Waals surface area contributed by atoms with Crippen LogP contribution < -0.4 is 10.1 Å². The largest absolute Gasteiger partial charge is 0.489 e. The molecular formula is C25H26N2O2S. The van der Waals surface area contributed by atoms with Gasteiger partial charge in [0.05, 0.1) is 0 Å². The van der Waals surface area contributed by atoms with Crippen LogP contribution in [0.25, 0.3) is 0 Å². The Kier molecular flexibility index (Phi) is 6.29. The lowest BCUT2D eigenvalue weighted by molar-refractivity contribution is 0.214. The van der Waals surface area contributed by atoms with E-state index in [1.165, 1.54) is 5.56 Å². The Bertz CT molecular complexity index is 1020. The summed E-state index contributed by atoms with van der Waals surface area (Å²) in [5.41, 5.74) is 5.34. The third kappa shape index (κ3) is 4.79. The van der Waals surface area contributed by atoms with Gasteiger partial charge in [-0.25, -0.2) is 4.79 Å². The van der Waals surface area contributed by atoms with E-state index in [2.05, 4.69) is 36.5 Å². The molecular weight excluding hydrogens is 392 g/mol. The summed E-state index contributed by atoms with van der Waals surface area (Å²) in [5.74, 6) is 1.73.